The molecule has 2 heterocycles. The van der Waals surface area contributed by atoms with E-state index in [1.807, 2.05) is 0 Å². The molecule has 2 aromatic rings. The molecule has 0 bridgehead atoms. The highest BCUT2D eigenvalue weighted by Crippen LogP contribution is 2.26. The standard InChI is InChI=1S/C25H28FN3O6/c1-16(30)27-23-8-3-17(26)13-22(23)24(31)28-11-9-18(10-12-28)29-14-21(35-25(29)32)15-34-20-6-4-19(33-2)5-7-20/h3-8,13,18,21H,9-12,14-15H2,1-2H3,(H,27,30). The molecule has 2 aliphatic rings. The fraction of sp³-hybridized carbons (Fsp3) is 0.400. The zero-order chi connectivity index (χ0) is 24.9. The topological polar surface area (TPSA) is 97.4 Å². The summed E-state index contributed by atoms with van der Waals surface area (Å²) in [6, 6.07) is 10.8. The van der Waals surface area contributed by atoms with Gasteiger partial charge in [0.1, 0.15) is 23.9 Å². The fourth-order valence-electron chi connectivity index (χ4n) is 4.33. The van der Waals surface area contributed by atoms with E-state index in [1.165, 1.54) is 19.1 Å². The Morgan fingerprint density at radius 2 is 1.80 bits per heavy atom. The lowest BCUT2D eigenvalue weighted by Crippen LogP contribution is -2.47. The Kier molecular flexibility index (Phi) is 7.38. The number of nitrogens with one attached hydrogen (secondary N) is 1. The van der Waals surface area contributed by atoms with Crippen LogP contribution in [0.4, 0.5) is 14.9 Å². The van der Waals surface area contributed by atoms with E-state index in [0.717, 1.165) is 11.8 Å². The minimum Gasteiger partial charge on any atom is -0.497 e. The summed E-state index contributed by atoms with van der Waals surface area (Å²) in [6.07, 6.45) is 0.350. The van der Waals surface area contributed by atoms with Gasteiger partial charge in [-0.25, -0.2) is 9.18 Å². The van der Waals surface area contributed by atoms with Crippen LogP contribution in [0.1, 0.15) is 30.1 Å². The molecule has 2 fully saturated rings. The number of carbonyl (C=O) groups is 3. The second kappa shape index (κ2) is 10.6. The molecule has 1 atom stereocenters. The summed E-state index contributed by atoms with van der Waals surface area (Å²) in [4.78, 5) is 40.3. The van der Waals surface area contributed by atoms with Crippen molar-refractivity contribution in [3.8, 4) is 11.5 Å². The molecule has 10 heteroatoms. The Hall–Kier alpha value is -3.82. The minimum atomic E-state index is -0.556. The van der Waals surface area contributed by atoms with Crippen LogP contribution in [-0.4, -0.2) is 73.2 Å². The van der Waals surface area contributed by atoms with Gasteiger partial charge >= 0.3 is 6.09 Å². The second-order valence-corrected chi connectivity index (χ2v) is 8.54. The van der Waals surface area contributed by atoms with Crippen LogP contribution in [0.15, 0.2) is 42.5 Å². The van der Waals surface area contributed by atoms with Crippen molar-refractivity contribution in [1.29, 1.82) is 0 Å². The van der Waals surface area contributed by atoms with Crippen LogP contribution in [0.2, 0.25) is 0 Å². The van der Waals surface area contributed by atoms with Crippen molar-refractivity contribution in [1.82, 2.24) is 9.80 Å². The summed E-state index contributed by atoms with van der Waals surface area (Å²) in [5, 5.41) is 2.57. The van der Waals surface area contributed by atoms with E-state index in [1.54, 1.807) is 41.2 Å². The SMILES string of the molecule is COc1ccc(OCC2CN(C3CCN(C(=O)c4cc(F)ccc4NC(C)=O)CC3)C(=O)O2)cc1. The number of halogens is 1. The third-order valence-corrected chi connectivity index (χ3v) is 6.11. The molecule has 1 unspecified atom stereocenters. The number of rotatable bonds is 7. The van der Waals surface area contributed by atoms with Gasteiger partial charge in [0.05, 0.1) is 24.9 Å². The van der Waals surface area contributed by atoms with Crippen LogP contribution in [0.25, 0.3) is 0 Å². The summed E-state index contributed by atoms with van der Waals surface area (Å²) in [5.41, 5.74) is 0.379. The van der Waals surface area contributed by atoms with Gasteiger partial charge in [0.2, 0.25) is 5.91 Å². The highest BCUT2D eigenvalue weighted by Gasteiger charge is 2.38. The number of amides is 3. The van der Waals surface area contributed by atoms with Gasteiger partial charge in [-0.15, -0.1) is 0 Å². The van der Waals surface area contributed by atoms with E-state index in [4.69, 9.17) is 14.2 Å². The third-order valence-electron chi connectivity index (χ3n) is 6.11. The number of ether oxygens (including phenoxy) is 3. The summed E-state index contributed by atoms with van der Waals surface area (Å²) in [5.74, 6) is 0.122. The zero-order valence-electron chi connectivity index (χ0n) is 19.7. The zero-order valence-corrected chi connectivity index (χ0v) is 19.7. The quantitative estimate of drug-likeness (QED) is 0.647. The predicted molar refractivity (Wildman–Crippen MR) is 125 cm³/mol. The van der Waals surface area contributed by atoms with Gasteiger partial charge in [-0.3, -0.25) is 9.59 Å². The van der Waals surface area contributed by atoms with Crippen molar-refractivity contribution in [3.05, 3.63) is 53.8 Å². The molecule has 2 saturated heterocycles. The average Bonchev–Trinajstić information content (AvgIpc) is 3.24. The molecule has 186 valence electrons. The fourth-order valence-corrected chi connectivity index (χ4v) is 4.33. The average molecular weight is 486 g/mol. The molecule has 1 N–H and O–H groups in total. The summed E-state index contributed by atoms with van der Waals surface area (Å²) in [6.45, 7) is 2.77. The summed E-state index contributed by atoms with van der Waals surface area (Å²) < 4.78 is 30.2. The maximum atomic E-state index is 13.8. The Morgan fingerprint density at radius 1 is 1.11 bits per heavy atom. The molecular weight excluding hydrogens is 457 g/mol. The van der Waals surface area contributed by atoms with Gasteiger partial charge < -0.3 is 29.3 Å². The number of hydrogen-bond acceptors (Lipinski definition) is 6. The van der Waals surface area contributed by atoms with E-state index in [2.05, 4.69) is 5.32 Å². The Bertz CT molecular complexity index is 1090. The Morgan fingerprint density at radius 3 is 2.46 bits per heavy atom. The lowest BCUT2D eigenvalue weighted by Gasteiger charge is -2.35. The van der Waals surface area contributed by atoms with Crippen molar-refractivity contribution < 1.29 is 33.0 Å². The van der Waals surface area contributed by atoms with Crippen LogP contribution in [-0.2, 0) is 9.53 Å². The molecule has 9 nitrogen and oxygen atoms in total. The smallest absolute Gasteiger partial charge is 0.410 e. The molecule has 0 aliphatic carbocycles. The first-order valence-electron chi connectivity index (χ1n) is 11.4. The van der Waals surface area contributed by atoms with E-state index in [9.17, 15) is 18.8 Å². The predicted octanol–water partition coefficient (Wildman–Crippen LogP) is 3.30. The van der Waals surface area contributed by atoms with E-state index in [0.29, 0.717) is 38.2 Å². The molecule has 4 rings (SSSR count). The number of benzene rings is 2. The molecular formula is C25H28FN3O6. The number of likely N-dealkylation sites (tertiary alicyclic amines) is 1. The third kappa shape index (κ3) is 5.82. The highest BCUT2D eigenvalue weighted by molar-refractivity contribution is 6.03. The number of cyclic esters (lactones) is 1. The Labute approximate surface area is 202 Å². The molecule has 3 amide bonds. The number of anilines is 1. The van der Waals surface area contributed by atoms with Crippen molar-refractivity contribution in [3.63, 3.8) is 0 Å². The van der Waals surface area contributed by atoms with Crippen LogP contribution >= 0.6 is 0 Å². The first-order chi connectivity index (χ1) is 16.8. The summed E-state index contributed by atoms with van der Waals surface area (Å²) >= 11 is 0. The van der Waals surface area contributed by atoms with Gasteiger partial charge in [0.25, 0.3) is 5.91 Å². The molecule has 0 aromatic heterocycles. The highest BCUT2D eigenvalue weighted by atomic mass is 19.1. The maximum absolute atomic E-state index is 13.8. The maximum Gasteiger partial charge on any atom is 0.410 e. The van der Waals surface area contributed by atoms with Gasteiger partial charge in [-0.1, -0.05) is 0 Å². The first-order valence-corrected chi connectivity index (χ1v) is 11.4. The molecule has 2 aliphatic heterocycles. The van der Waals surface area contributed by atoms with Crippen molar-refractivity contribution in [2.45, 2.75) is 31.9 Å². The lowest BCUT2D eigenvalue weighted by molar-refractivity contribution is -0.114. The van der Waals surface area contributed by atoms with E-state index < -0.39 is 18.0 Å². The number of nitrogens with zero attached hydrogens (tertiary/aromatic N) is 2. The molecule has 0 saturated carbocycles. The van der Waals surface area contributed by atoms with Gasteiger partial charge in [0.15, 0.2) is 6.10 Å². The van der Waals surface area contributed by atoms with Gasteiger partial charge in [-0.05, 0) is 55.3 Å². The van der Waals surface area contributed by atoms with Gasteiger partial charge in [0, 0.05) is 26.1 Å². The number of hydrogen-bond donors (Lipinski definition) is 1. The number of methoxy groups -OCH3 is 1. The second-order valence-electron chi connectivity index (χ2n) is 8.54. The van der Waals surface area contributed by atoms with Crippen molar-refractivity contribution in [2.75, 3.05) is 38.7 Å². The Balaban J connectivity index is 1.30. The number of piperidine rings is 1. The van der Waals surface area contributed by atoms with Crippen molar-refractivity contribution >= 4 is 23.6 Å². The van der Waals surface area contributed by atoms with E-state index >= 15 is 0 Å². The molecule has 2 aromatic carbocycles. The largest absolute Gasteiger partial charge is 0.497 e. The van der Waals surface area contributed by atoms with Crippen LogP contribution in [0, 0.1) is 5.82 Å². The minimum absolute atomic E-state index is 0.0696. The monoisotopic (exact) mass is 485 g/mol. The van der Waals surface area contributed by atoms with E-state index in [-0.39, 0.29) is 35.7 Å². The summed E-state index contributed by atoms with van der Waals surface area (Å²) in [7, 11) is 1.59. The molecule has 0 spiro atoms. The molecule has 35 heavy (non-hydrogen) atoms. The first kappa shape index (κ1) is 24.3. The van der Waals surface area contributed by atoms with Crippen LogP contribution < -0.4 is 14.8 Å². The van der Waals surface area contributed by atoms with Crippen LogP contribution in [0.5, 0.6) is 11.5 Å². The van der Waals surface area contributed by atoms with Crippen molar-refractivity contribution in [2.24, 2.45) is 0 Å². The van der Waals surface area contributed by atoms with Gasteiger partial charge in [-0.2, -0.15) is 0 Å². The normalized spacial score (nSPS) is 18.3. The number of carbonyl (C=O) groups excluding carboxylic acids is 3. The molecule has 0 radical (unpaired) electrons. The lowest BCUT2D eigenvalue weighted by atomic mass is 10.0. The van der Waals surface area contributed by atoms with Crippen LogP contribution in [0.3, 0.4) is 0 Å².